The van der Waals surface area contributed by atoms with Crippen molar-refractivity contribution in [1.82, 2.24) is 9.88 Å². The van der Waals surface area contributed by atoms with Crippen LogP contribution in [0.4, 0.5) is 0 Å². The van der Waals surface area contributed by atoms with E-state index in [1.165, 1.54) is 0 Å². The molecule has 1 aromatic heterocycles. The second kappa shape index (κ2) is 6.29. The van der Waals surface area contributed by atoms with Crippen LogP contribution in [-0.4, -0.2) is 42.6 Å². The molecule has 0 radical (unpaired) electrons. The summed E-state index contributed by atoms with van der Waals surface area (Å²) >= 11 is 3.32. The van der Waals surface area contributed by atoms with E-state index in [-0.39, 0.29) is 5.91 Å². The zero-order chi connectivity index (χ0) is 13.0. The number of nitrogens with zero attached hydrogens (tertiary/aromatic N) is 2. The molecule has 0 bridgehead atoms. The normalized spacial score (nSPS) is 19.6. The Bertz CT molecular complexity index is 419. The van der Waals surface area contributed by atoms with Crippen molar-refractivity contribution in [2.45, 2.75) is 12.8 Å². The van der Waals surface area contributed by atoms with Crippen LogP contribution in [0.15, 0.2) is 22.9 Å². The minimum Gasteiger partial charge on any atom is -0.381 e. The van der Waals surface area contributed by atoms with E-state index in [1.54, 1.807) is 23.4 Å². The highest BCUT2D eigenvalue weighted by atomic mass is 79.9. The first-order valence-electron chi connectivity index (χ1n) is 6.10. The molecule has 1 unspecified atom stereocenters. The molecule has 1 fully saturated rings. The van der Waals surface area contributed by atoms with Crippen LogP contribution in [0.1, 0.15) is 23.2 Å². The molecule has 0 aromatic carbocycles. The van der Waals surface area contributed by atoms with Crippen molar-refractivity contribution in [3.8, 4) is 0 Å². The first kappa shape index (κ1) is 13.5. The molecule has 4 nitrogen and oxygen atoms in total. The zero-order valence-electron chi connectivity index (χ0n) is 10.4. The Hall–Kier alpha value is -0.940. The summed E-state index contributed by atoms with van der Waals surface area (Å²) in [5.41, 5.74) is 0.614. The minimum absolute atomic E-state index is 0.00868. The van der Waals surface area contributed by atoms with Crippen molar-refractivity contribution in [2.24, 2.45) is 5.92 Å². The fourth-order valence-corrected chi connectivity index (χ4v) is 2.54. The zero-order valence-corrected chi connectivity index (χ0v) is 12.0. The van der Waals surface area contributed by atoms with E-state index in [2.05, 4.69) is 20.9 Å². The molecule has 5 heteroatoms. The number of pyridine rings is 1. The van der Waals surface area contributed by atoms with Crippen molar-refractivity contribution in [3.05, 3.63) is 28.5 Å². The van der Waals surface area contributed by atoms with Crippen LogP contribution < -0.4 is 0 Å². The number of rotatable bonds is 3. The molecule has 0 spiro atoms. The fraction of sp³-hybridized carbons (Fsp3) is 0.538. The lowest BCUT2D eigenvalue weighted by atomic mass is 10.0. The Balaban J connectivity index is 1.95. The molecule has 1 atom stereocenters. The van der Waals surface area contributed by atoms with Crippen LogP contribution in [0.5, 0.6) is 0 Å². The first-order valence-corrected chi connectivity index (χ1v) is 6.90. The van der Waals surface area contributed by atoms with Crippen LogP contribution in [0.3, 0.4) is 0 Å². The number of carbonyl (C=O) groups is 1. The van der Waals surface area contributed by atoms with Gasteiger partial charge in [-0.05, 0) is 40.8 Å². The third kappa shape index (κ3) is 3.53. The van der Waals surface area contributed by atoms with Crippen LogP contribution in [-0.2, 0) is 4.74 Å². The number of halogens is 1. The maximum Gasteiger partial charge on any atom is 0.255 e. The standard InChI is InChI=1S/C13H17BrN2O2/c1-16(8-10-3-2-4-18-9-10)13(17)11-5-12(14)7-15-6-11/h5-7,10H,2-4,8-9H2,1H3. The van der Waals surface area contributed by atoms with E-state index >= 15 is 0 Å². The molecular weight excluding hydrogens is 296 g/mol. The van der Waals surface area contributed by atoms with Gasteiger partial charge in [0.1, 0.15) is 0 Å². The predicted molar refractivity (Wildman–Crippen MR) is 72.4 cm³/mol. The molecule has 1 aliphatic rings. The first-order chi connectivity index (χ1) is 8.66. The Kier molecular flexibility index (Phi) is 4.72. The average molecular weight is 313 g/mol. The number of carbonyl (C=O) groups excluding carboxylic acids is 1. The van der Waals surface area contributed by atoms with Crippen molar-refractivity contribution in [1.29, 1.82) is 0 Å². The second-order valence-electron chi connectivity index (χ2n) is 4.66. The third-order valence-corrected chi connectivity index (χ3v) is 3.52. The maximum absolute atomic E-state index is 12.2. The summed E-state index contributed by atoms with van der Waals surface area (Å²) in [6.07, 6.45) is 5.49. The second-order valence-corrected chi connectivity index (χ2v) is 5.58. The van der Waals surface area contributed by atoms with Crippen molar-refractivity contribution in [3.63, 3.8) is 0 Å². The Morgan fingerprint density at radius 3 is 3.11 bits per heavy atom. The van der Waals surface area contributed by atoms with Gasteiger partial charge in [-0.1, -0.05) is 0 Å². The van der Waals surface area contributed by atoms with Gasteiger partial charge in [-0.25, -0.2) is 0 Å². The van der Waals surface area contributed by atoms with Crippen LogP contribution in [0.2, 0.25) is 0 Å². The van der Waals surface area contributed by atoms with Crippen LogP contribution >= 0.6 is 15.9 Å². The number of aromatic nitrogens is 1. The van der Waals surface area contributed by atoms with Gasteiger partial charge in [-0.15, -0.1) is 0 Å². The summed E-state index contributed by atoms with van der Waals surface area (Å²) < 4.78 is 6.25. The molecule has 0 N–H and O–H groups in total. The van der Waals surface area contributed by atoms with Gasteiger partial charge in [0.25, 0.3) is 5.91 Å². The lowest BCUT2D eigenvalue weighted by Gasteiger charge is -2.27. The Morgan fingerprint density at radius 1 is 1.61 bits per heavy atom. The van der Waals surface area contributed by atoms with Gasteiger partial charge < -0.3 is 9.64 Å². The van der Waals surface area contributed by atoms with E-state index in [9.17, 15) is 4.79 Å². The summed E-state index contributed by atoms with van der Waals surface area (Å²) in [7, 11) is 1.83. The monoisotopic (exact) mass is 312 g/mol. The summed E-state index contributed by atoms with van der Waals surface area (Å²) in [5, 5.41) is 0. The Labute approximate surface area is 115 Å². The number of hydrogen-bond donors (Lipinski definition) is 0. The summed E-state index contributed by atoms with van der Waals surface area (Å²) in [6, 6.07) is 1.79. The lowest BCUT2D eigenvalue weighted by molar-refractivity contribution is 0.0388. The summed E-state index contributed by atoms with van der Waals surface area (Å²) in [4.78, 5) is 18.0. The highest BCUT2D eigenvalue weighted by Crippen LogP contribution is 2.16. The molecule has 1 aromatic rings. The summed E-state index contributed by atoms with van der Waals surface area (Å²) in [6.45, 7) is 2.35. The molecule has 1 aliphatic heterocycles. The average Bonchev–Trinajstić information content (AvgIpc) is 2.39. The number of amides is 1. The fourth-order valence-electron chi connectivity index (χ4n) is 2.17. The van der Waals surface area contributed by atoms with Crippen LogP contribution in [0.25, 0.3) is 0 Å². The van der Waals surface area contributed by atoms with Gasteiger partial charge in [0.15, 0.2) is 0 Å². The smallest absolute Gasteiger partial charge is 0.255 e. The van der Waals surface area contributed by atoms with Gasteiger partial charge in [-0.2, -0.15) is 0 Å². The number of ether oxygens (including phenoxy) is 1. The topological polar surface area (TPSA) is 42.4 Å². The van der Waals surface area contributed by atoms with E-state index < -0.39 is 0 Å². The van der Waals surface area contributed by atoms with Crippen molar-refractivity contribution >= 4 is 21.8 Å². The molecule has 98 valence electrons. The van der Waals surface area contributed by atoms with Crippen molar-refractivity contribution < 1.29 is 9.53 Å². The third-order valence-electron chi connectivity index (χ3n) is 3.09. The summed E-state index contributed by atoms with van der Waals surface area (Å²) in [5.74, 6) is 0.460. The molecule has 0 saturated carbocycles. The van der Waals surface area contributed by atoms with Crippen molar-refractivity contribution in [2.75, 3.05) is 26.8 Å². The molecule has 1 saturated heterocycles. The molecular formula is C13H17BrN2O2. The molecule has 18 heavy (non-hydrogen) atoms. The Morgan fingerprint density at radius 2 is 2.44 bits per heavy atom. The quantitative estimate of drug-likeness (QED) is 0.860. The SMILES string of the molecule is CN(CC1CCCOC1)C(=O)c1cncc(Br)c1. The van der Waals surface area contributed by atoms with Crippen LogP contribution in [0, 0.1) is 5.92 Å². The highest BCUT2D eigenvalue weighted by molar-refractivity contribution is 9.10. The van der Waals surface area contributed by atoms with E-state index in [0.29, 0.717) is 11.5 Å². The lowest BCUT2D eigenvalue weighted by Crippen LogP contribution is -2.35. The minimum atomic E-state index is 0.00868. The number of hydrogen-bond acceptors (Lipinski definition) is 3. The van der Waals surface area contributed by atoms with E-state index in [0.717, 1.165) is 37.1 Å². The van der Waals surface area contributed by atoms with Gasteiger partial charge in [-0.3, -0.25) is 9.78 Å². The predicted octanol–water partition coefficient (Wildman–Crippen LogP) is 2.34. The van der Waals surface area contributed by atoms with Gasteiger partial charge in [0, 0.05) is 37.1 Å². The molecule has 2 heterocycles. The van der Waals surface area contributed by atoms with E-state index in [4.69, 9.17) is 4.74 Å². The molecule has 0 aliphatic carbocycles. The van der Waals surface area contributed by atoms with Gasteiger partial charge in [0.2, 0.25) is 0 Å². The highest BCUT2D eigenvalue weighted by Gasteiger charge is 2.19. The molecule has 2 rings (SSSR count). The van der Waals surface area contributed by atoms with Gasteiger partial charge in [0.05, 0.1) is 12.2 Å². The molecule has 1 amide bonds. The maximum atomic E-state index is 12.2. The van der Waals surface area contributed by atoms with E-state index in [1.807, 2.05) is 7.05 Å². The largest absolute Gasteiger partial charge is 0.381 e. The van der Waals surface area contributed by atoms with Gasteiger partial charge >= 0.3 is 0 Å².